The van der Waals surface area contributed by atoms with Crippen LogP contribution < -0.4 is 4.74 Å². The summed E-state index contributed by atoms with van der Waals surface area (Å²) in [7, 11) is 3.32. The van der Waals surface area contributed by atoms with Gasteiger partial charge in [0.05, 0.1) is 19.1 Å². The Labute approximate surface area is 265 Å². The van der Waals surface area contributed by atoms with Crippen molar-refractivity contribution in [2.24, 2.45) is 16.7 Å². The van der Waals surface area contributed by atoms with Crippen molar-refractivity contribution in [3.63, 3.8) is 0 Å². The molecular formula is C37H68O6. The molecule has 2 fully saturated rings. The van der Waals surface area contributed by atoms with Crippen LogP contribution in [-0.4, -0.2) is 46.5 Å². The van der Waals surface area contributed by atoms with Gasteiger partial charge in [-0.15, -0.1) is 0 Å². The molecule has 0 heterocycles. The van der Waals surface area contributed by atoms with Crippen molar-refractivity contribution in [3.8, 4) is 5.75 Å². The molecule has 252 valence electrons. The largest absolute Gasteiger partial charge is 0.468 e. The Bertz CT molecular complexity index is 903. The fourth-order valence-electron chi connectivity index (χ4n) is 8.42. The van der Waals surface area contributed by atoms with Crippen LogP contribution in [0.15, 0.2) is 18.2 Å². The summed E-state index contributed by atoms with van der Waals surface area (Å²) in [5.41, 5.74) is 2.88. The number of hydrogen-bond donors (Lipinski definition) is 0. The van der Waals surface area contributed by atoms with Crippen LogP contribution in [0.4, 0.5) is 0 Å². The van der Waals surface area contributed by atoms with Crippen LogP contribution >= 0.6 is 0 Å². The maximum Gasteiger partial charge on any atom is 0.306 e. The molecule has 1 aromatic carbocycles. The highest BCUT2D eigenvalue weighted by Gasteiger charge is 2.66. The predicted molar refractivity (Wildman–Crippen MR) is 180 cm³/mol. The minimum atomic E-state index is -0.120. The zero-order valence-corrected chi connectivity index (χ0v) is 30.5. The van der Waals surface area contributed by atoms with Gasteiger partial charge in [0, 0.05) is 19.6 Å². The van der Waals surface area contributed by atoms with E-state index in [1.807, 2.05) is 62.3 Å². The molecule has 6 nitrogen and oxygen atoms in total. The first-order valence-electron chi connectivity index (χ1n) is 17.3. The van der Waals surface area contributed by atoms with E-state index in [9.17, 15) is 4.79 Å². The summed E-state index contributed by atoms with van der Waals surface area (Å²) in [4.78, 5) is 12.7. The molecule has 0 aromatic heterocycles. The molecule has 3 aliphatic carbocycles. The molecule has 0 N–H and O–H groups in total. The van der Waals surface area contributed by atoms with Gasteiger partial charge in [-0.3, -0.25) is 4.79 Å². The van der Waals surface area contributed by atoms with Crippen LogP contribution in [0.3, 0.4) is 0 Å². The molecule has 0 saturated heterocycles. The highest BCUT2D eigenvalue weighted by Crippen LogP contribution is 2.72. The van der Waals surface area contributed by atoms with Gasteiger partial charge in [0.25, 0.3) is 0 Å². The lowest BCUT2D eigenvalue weighted by atomic mass is 9.39. The Morgan fingerprint density at radius 2 is 1.51 bits per heavy atom. The highest BCUT2D eigenvalue weighted by atomic mass is 16.7. The molecule has 43 heavy (non-hydrogen) atoms. The van der Waals surface area contributed by atoms with Gasteiger partial charge in [-0.25, -0.2) is 0 Å². The SMILES string of the molecule is CC.CC.CC.CC.CCOC(=O)CC1C[C@@]2(C)C3CC[C@H](OCOC)[C@@]3(C)CC[C@]2(CC)c2ccc(OCOC)cc21. The van der Waals surface area contributed by atoms with Crippen molar-refractivity contribution < 1.29 is 28.5 Å². The molecule has 0 bridgehead atoms. The second-order valence-electron chi connectivity index (χ2n) is 11.3. The molecular weight excluding hydrogens is 540 g/mol. The van der Waals surface area contributed by atoms with Crippen LogP contribution in [0.1, 0.15) is 145 Å². The van der Waals surface area contributed by atoms with Crippen molar-refractivity contribution >= 4 is 5.97 Å². The molecule has 2 unspecified atom stereocenters. The van der Waals surface area contributed by atoms with Gasteiger partial charge in [0.15, 0.2) is 6.79 Å². The van der Waals surface area contributed by atoms with Crippen LogP contribution in [0, 0.1) is 16.7 Å². The quantitative estimate of drug-likeness (QED) is 0.195. The van der Waals surface area contributed by atoms with E-state index in [1.165, 1.54) is 11.1 Å². The van der Waals surface area contributed by atoms with Gasteiger partial charge in [0.2, 0.25) is 0 Å². The number of methoxy groups -OCH3 is 2. The summed E-state index contributed by atoms with van der Waals surface area (Å²) in [5.74, 6) is 1.29. The van der Waals surface area contributed by atoms with E-state index in [2.05, 4.69) is 39.0 Å². The predicted octanol–water partition coefficient (Wildman–Crippen LogP) is 10.1. The van der Waals surface area contributed by atoms with E-state index in [0.717, 1.165) is 44.3 Å². The van der Waals surface area contributed by atoms with Crippen molar-refractivity contribution in [2.45, 2.75) is 145 Å². The Kier molecular flexibility index (Phi) is 19.6. The third-order valence-corrected chi connectivity index (χ3v) is 9.90. The zero-order chi connectivity index (χ0) is 33.3. The van der Waals surface area contributed by atoms with E-state index in [0.29, 0.717) is 25.7 Å². The average Bonchev–Trinajstić information content (AvgIpc) is 3.40. The number of esters is 1. The number of carbonyl (C=O) groups is 1. The van der Waals surface area contributed by atoms with Crippen molar-refractivity contribution in [1.29, 1.82) is 0 Å². The summed E-state index contributed by atoms with van der Waals surface area (Å²) in [6.45, 7) is 26.1. The molecule has 0 amide bonds. The van der Waals surface area contributed by atoms with E-state index in [-0.39, 0.29) is 41.0 Å². The average molecular weight is 609 g/mol. The Hall–Kier alpha value is -1.63. The highest BCUT2D eigenvalue weighted by molar-refractivity contribution is 5.71. The van der Waals surface area contributed by atoms with Crippen molar-refractivity contribution in [1.82, 2.24) is 0 Å². The molecule has 6 heteroatoms. The maximum atomic E-state index is 12.7. The first-order valence-corrected chi connectivity index (χ1v) is 17.3. The normalized spacial score (nSPS) is 29.6. The smallest absolute Gasteiger partial charge is 0.306 e. The number of hydrogen-bond acceptors (Lipinski definition) is 6. The first kappa shape index (κ1) is 41.4. The van der Waals surface area contributed by atoms with Gasteiger partial charge in [0.1, 0.15) is 12.5 Å². The van der Waals surface area contributed by atoms with E-state index in [1.54, 1.807) is 14.2 Å². The summed E-state index contributed by atoms with van der Waals surface area (Å²) in [5, 5.41) is 0. The minimum Gasteiger partial charge on any atom is -0.468 e. The van der Waals surface area contributed by atoms with Crippen molar-refractivity contribution in [2.75, 3.05) is 34.4 Å². The third-order valence-electron chi connectivity index (χ3n) is 9.90. The van der Waals surface area contributed by atoms with E-state index >= 15 is 0 Å². The van der Waals surface area contributed by atoms with Crippen molar-refractivity contribution in [3.05, 3.63) is 29.3 Å². The van der Waals surface area contributed by atoms with E-state index in [4.69, 9.17) is 23.7 Å². The van der Waals surface area contributed by atoms with Crippen LogP contribution in [0.5, 0.6) is 5.75 Å². The molecule has 0 radical (unpaired) electrons. The first-order chi connectivity index (χ1) is 20.8. The Balaban J connectivity index is 0.00000204. The monoisotopic (exact) mass is 609 g/mol. The summed E-state index contributed by atoms with van der Waals surface area (Å²) in [6.07, 6.45) is 7.15. The van der Waals surface area contributed by atoms with Gasteiger partial charge in [-0.2, -0.15) is 0 Å². The fraction of sp³-hybridized carbons (Fsp3) is 0.811. The topological polar surface area (TPSA) is 63.2 Å². The maximum absolute atomic E-state index is 12.7. The van der Waals surface area contributed by atoms with Crippen LogP contribution in [0.2, 0.25) is 0 Å². The molecule has 0 aliphatic heterocycles. The number of carbonyl (C=O) groups excluding carboxylic acids is 1. The molecule has 2 saturated carbocycles. The zero-order valence-electron chi connectivity index (χ0n) is 30.5. The lowest BCUT2D eigenvalue weighted by molar-refractivity contribution is -0.156. The van der Waals surface area contributed by atoms with Crippen LogP contribution in [-0.2, 0) is 29.2 Å². The second kappa shape index (κ2) is 20.4. The van der Waals surface area contributed by atoms with Gasteiger partial charge in [-0.1, -0.05) is 82.2 Å². The summed E-state index contributed by atoms with van der Waals surface area (Å²) >= 11 is 0. The molecule has 3 aliphatic rings. The molecule has 6 atom stereocenters. The Morgan fingerprint density at radius 1 is 0.884 bits per heavy atom. The fourth-order valence-corrected chi connectivity index (χ4v) is 8.42. The number of fused-ring (bicyclic) bond motifs is 5. The number of ether oxygens (including phenoxy) is 5. The number of benzene rings is 1. The van der Waals surface area contributed by atoms with Gasteiger partial charge in [-0.05, 0) is 91.4 Å². The standard InChI is InChI=1S/C29H44O6.4C2H6/c1-7-29-14-13-27(3)24(11-12-25(27)35-19-32-6)28(29,4)17-20(15-26(30)33-8-2)22-16-21(34-18-31-5)9-10-23(22)29;4*1-2/h9-10,16,20,24-25H,7-8,11-15,17-19H2,1-6H3;4*1-2H3/t20?,24?,25-,27-,28-,29+;;;;/m0..../s1. The van der Waals surface area contributed by atoms with Crippen LogP contribution in [0.25, 0.3) is 0 Å². The molecule has 1 aromatic rings. The number of rotatable bonds is 10. The second-order valence-corrected chi connectivity index (χ2v) is 11.3. The lowest BCUT2D eigenvalue weighted by Crippen LogP contribution is -2.60. The minimum absolute atomic E-state index is 0.0546. The van der Waals surface area contributed by atoms with Gasteiger partial charge < -0.3 is 23.7 Å². The third kappa shape index (κ3) is 8.55. The van der Waals surface area contributed by atoms with E-state index < -0.39 is 0 Å². The lowest BCUT2D eigenvalue weighted by Gasteiger charge is -2.65. The van der Waals surface area contributed by atoms with Gasteiger partial charge >= 0.3 is 5.97 Å². The molecule has 0 spiro atoms. The summed E-state index contributed by atoms with van der Waals surface area (Å²) in [6, 6.07) is 6.51. The Morgan fingerprint density at radius 3 is 2.07 bits per heavy atom. The molecule has 4 rings (SSSR count). The summed E-state index contributed by atoms with van der Waals surface area (Å²) < 4.78 is 27.9.